The molecule has 1 atom stereocenters. The highest BCUT2D eigenvalue weighted by Crippen LogP contribution is 2.27. The van der Waals surface area contributed by atoms with E-state index in [0.29, 0.717) is 0 Å². The van der Waals surface area contributed by atoms with Crippen LogP contribution in [0.5, 0.6) is 0 Å². The van der Waals surface area contributed by atoms with Gasteiger partial charge in [-0.1, -0.05) is 25.1 Å². The van der Waals surface area contributed by atoms with Crippen LogP contribution in [0.3, 0.4) is 0 Å². The first-order valence-electron chi connectivity index (χ1n) is 5.85. The molecular formula is C13H19NO2. The van der Waals surface area contributed by atoms with Crippen molar-refractivity contribution >= 4 is 5.69 Å². The maximum atomic E-state index is 9.27. The van der Waals surface area contributed by atoms with Crippen molar-refractivity contribution < 1.29 is 9.84 Å². The van der Waals surface area contributed by atoms with E-state index in [1.54, 1.807) is 0 Å². The number of ether oxygens (including phenoxy) is 1. The minimum Gasteiger partial charge on any atom is -0.396 e. The summed E-state index contributed by atoms with van der Waals surface area (Å²) in [4.78, 5) is 2.34. The van der Waals surface area contributed by atoms with Gasteiger partial charge < -0.3 is 14.7 Å². The molecule has 1 N–H and O–H groups in total. The van der Waals surface area contributed by atoms with Crippen LogP contribution >= 0.6 is 0 Å². The maximum absolute atomic E-state index is 9.27. The fourth-order valence-electron chi connectivity index (χ4n) is 2.09. The van der Waals surface area contributed by atoms with Crippen molar-refractivity contribution in [2.24, 2.45) is 0 Å². The first kappa shape index (κ1) is 11.4. The van der Waals surface area contributed by atoms with Crippen LogP contribution in [0.25, 0.3) is 0 Å². The molecule has 2 rings (SSSR count). The van der Waals surface area contributed by atoms with Gasteiger partial charge in [-0.15, -0.1) is 0 Å². The highest BCUT2D eigenvalue weighted by molar-refractivity contribution is 5.55. The molecule has 1 fully saturated rings. The standard InChI is InChI=1S/C13H19NO2/c1-11(10-15)12-4-2-3-5-13(12)14-6-8-16-9-7-14/h2-5,11,15H,6-10H2,1H3. The van der Waals surface area contributed by atoms with Crippen molar-refractivity contribution in [3.8, 4) is 0 Å². The normalized spacial score (nSPS) is 18.5. The number of aliphatic hydroxyl groups is 1. The number of anilines is 1. The van der Waals surface area contributed by atoms with Crippen LogP contribution in [-0.2, 0) is 4.74 Å². The molecule has 1 aliphatic rings. The molecule has 1 aliphatic heterocycles. The summed E-state index contributed by atoms with van der Waals surface area (Å²) < 4.78 is 5.36. The van der Waals surface area contributed by atoms with Crippen LogP contribution in [0.4, 0.5) is 5.69 Å². The van der Waals surface area contributed by atoms with Crippen molar-refractivity contribution in [1.82, 2.24) is 0 Å². The third-order valence-corrected chi connectivity index (χ3v) is 3.09. The molecule has 0 spiro atoms. The molecular weight excluding hydrogens is 202 g/mol. The molecule has 0 amide bonds. The number of aliphatic hydroxyl groups excluding tert-OH is 1. The smallest absolute Gasteiger partial charge is 0.0642 e. The summed E-state index contributed by atoms with van der Waals surface area (Å²) in [6.45, 7) is 5.72. The monoisotopic (exact) mass is 221 g/mol. The summed E-state index contributed by atoms with van der Waals surface area (Å²) in [5, 5.41) is 9.27. The molecule has 0 radical (unpaired) electrons. The zero-order valence-corrected chi connectivity index (χ0v) is 9.72. The fourth-order valence-corrected chi connectivity index (χ4v) is 2.09. The van der Waals surface area contributed by atoms with Crippen LogP contribution in [-0.4, -0.2) is 38.0 Å². The number of hydrogen-bond acceptors (Lipinski definition) is 3. The van der Waals surface area contributed by atoms with Gasteiger partial charge in [0.25, 0.3) is 0 Å². The Hall–Kier alpha value is -1.06. The van der Waals surface area contributed by atoms with Crippen LogP contribution in [0, 0.1) is 0 Å². The molecule has 88 valence electrons. The Balaban J connectivity index is 2.24. The lowest BCUT2D eigenvalue weighted by Gasteiger charge is -2.31. The topological polar surface area (TPSA) is 32.7 Å². The average molecular weight is 221 g/mol. The minimum absolute atomic E-state index is 0.194. The number of rotatable bonds is 3. The summed E-state index contributed by atoms with van der Waals surface area (Å²) in [6, 6.07) is 8.32. The zero-order valence-electron chi connectivity index (χ0n) is 9.72. The number of morpholine rings is 1. The summed E-state index contributed by atoms with van der Waals surface area (Å²) in [7, 11) is 0. The van der Waals surface area contributed by atoms with E-state index in [9.17, 15) is 5.11 Å². The Morgan fingerprint density at radius 1 is 1.31 bits per heavy atom. The molecule has 1 unspecified atom stereocenters. The van der Waals surface area contributed by atoms with Crippen molar-refractivity contribution in [2.75, 3.05) is 37.8 Å². The zero-order chi connectivity index (χ0) is 11.4. The van der Waals surface area contributed by atoms with Gasteiger partial charge in [0.05, 0.1) is 13.2 Å². The molecule has 1 saturated heterocycles. The SMILES string of the molecule is CC(CO)c1ccccc1N1CCOCC1. The number of hydrogen-bond donors (Lipinski definition) is 1. The highest BCUT2D eigenvalue weighted by Gasteiger charge is 2.16. The molecule has 0 saturated carbocycles. The minimum atomic E-state index is 0.194. The molecule has 0 bridgehead atoms. The molecule has 0 aliphatic carbocycles. The van der Waals surface area contributed by atoms with Crippen molar-refractivity contribution in [1.29, 1.82) is 0 Å². The van der Waals surface area contributed by atoms with Crippen molar-refractivity contribution in [2.45, 2.75) is 12.8 Å². The Morgan fingerprint density at radius 2 is 2.00 bits per heavy atom. The van der Waals surface area contributed by atoms with Gasteiger partial charge in [0.15, 0.2) is 0 Å². The maximum Gasteiger partial charge on any atom is 0.0642 e. The van der Waals surface area contributed by atoms with E-state index < -0.39 is 0 Å². The molecule has 3 heteroatoms. The van der Waals surface area contributed by atoms with E-state index in [2.05, 4.69) is 30.0 Å². The Labute approximate surface area is 96.6 Å². The van der Waals surface area contributed by atoms with E-state index in [4.69, 9.17) is 4.74 Å². The lowest BCUT2D eigenvalue weighted by atomic mass is 9.99. The van der Waals surface area contributed by atoms with Gasteiger partial charge in [0.1, 0.15) is 0 Å². The van der Waals surface area contributed by atoms with Crippen LogP contribution in [0.2, 0.25) is 0 Å². The van der Waals surface area contributed by atoms with Gasteiger partial charge in [-0.3, -0.25) is 0 Å². The van der Waals surface area contributed by atoms with E-state index in [0.717, 1.165) is 26.3 Å². The third kappa shape index (κ3) is 2.36. The Bertz CT molecular complexity index is 334. The highest BCUT2D eigenvalue weighted by atomic mass is 16.5. The summed E-state index contributed by atoms with van der Waals surface area (Å²) in [5.41, 5.74) is 2.47. The average Bonchev–Trinajstić information content (AvgIpc) is 2.39. The van der Waals surface area contributed by atoms with Gasteiger partial charge in [-0.2, -0.15) is 0 Å². The predicted molar refractivity (Wildman–Crippen MR) is 65.0 cm³/mol. The summed E-state index contributed by atoms with van der Waals surface area (Å²) in [5.74, 6) is 0.194. The first-order chi connectivity index (χ1) is 7.83. The van der Waals surface area contributed by atoms with Gasteiger partial charge in [0, 0.05) is 31.3 Å². The van der Waals surface area contributed by atoms with Gasteiger partial charge in [-0.25, -0.2) is 0 Å². The second-order valence-electron chi connectivity index (χ2n) is 4.24. The second kappa shape index (κ2) is 5.32. The third-order valence-electron chi connectivity index (χ3n) is 3.09. The van der Waals surface area contributed by atoms with Crippen LogP contribution < -0.4 is 4.90 Å². The fraction of sp³-hybridized carbons (Fsp3) is 0.538. The number of nitrogens with zero attached hydrogens (tertiary/aromatic N) is 1. The van der Waals surface area contributed by atoms with Gasteiger partial charge in [0.2, 0.25) is 0 Å². The van der Waals surface area contributed by atoms with Crippen molar-refractivity contribution in [3.05, 3.63) is 29.8 Å². The summed E-state index contributed by atoms with van der Waals surface area (Å²) >= 11 is 0. The number of benzene rings is 1. The number of para-hydroxylation sites is 1. The Kier molecular flexibility index (Phi) is 3.80. The van der Waals surface area contributed by atoms with E-state index in [1.807, 2.05) is 6.07 Å². The van der Waals surface area contributed by atoms with Gasteiger partial charge >= 0.3 is 0 Å². The molecule has 3 nitrogen and oxygen atoms in total. The van der Waals surface area contributed by atoms with Crippen LogP contribution in [0.1, 0.15) is 18.4 Å². The van der Waals surface area contributed by atoms with E-state index >= 15 is 0 Å². The predicted octanol–water partition coefficient (Wildman–Crippen LogP) is 1.62. The summed E-state index contributed by atoms with van der Waals surface area (Å²) in [6.07, 6.45) is 0. The van der Waals surface area contributed by atoms with Gasteiger partial charge in [-0.05, 0) is 11.6 Å². The largest absolute Gasteiger partial charge is 0.396 e. The molecule has 1 aromatic rings. The Morgan fingerprint density at radius 3 is 2.69 bits per heavy atom. The van der Waals surface area contributed by atoms with E-state index in [-0.39, 0.29) is 12.5 Å². The quantitative estimate of drug-likeness (QED) is 0.842. The lowest BCUT2D eigenvalue weighted by molar-refractivity contribution is 0.122. The molecule has 1 aromatic carbocycles. The molecule has 0 aromatic heterocycles. The second-order valence-corrected chi connectivity index (χ2v) is 4.24. The first-order valence-corrected chi connectivity index (χ1v) is 5.85. The van der Waals surface area contributed by atoms with Crippen molar-refractivity contribution in [3.63, 3.8) is 0 Å². The molecule has 16 heavy (non-hydrogen) atoms. The van der Waals surface area contributed by atoms with Crippen LogP contribution in [0.15, 0.2) is 24.3 Å². The van der Waals surface area contributed by atoms with E-state index in [1.165, 1.54) is 11.3 Å². The lowest BCUT2D eigenvalue weighted by Crippen LogP contribution is -2.37. The molecule has 1 heterocycles.